The maximum Gasteiger partial charge on any atom is 0.0527 e. The first-order valence-corrected chi connectivity index (χ1v) is 12.2. The van der Waals surface area contributed by atoms with Gasteiger partial charge in [-0.05, 0) is 23.9 Å². The molecule has 0 saturated heterocycles. The van der Waals surface area contributed by atoms with Crippen LogP contribution < -0.4 is 0 Å². The Hall–Kier alpha value is -2.36. The SMILES string of the molecule is CCCCCCn1cc(-c2sc(-c3cccs3)c3ccccc23)c2ccccc21. The van der Waals surface area contributed by atoms with Crippen LogP contribution in [0.1, 0.15) is 32.6 Å². The Morgan fingerprint density at radius 2 is 1.52 bits per heavy atom. The second-order valence-electron chi connectivity index (χ2n) is 7.60. The van der Waals surface area contributed by atoms with Crippen LogP contribution in [0.3, 0.4) is 0 Å². The lowest BCUT2D eigenvalue weighted by Gasteiger charge is -2.04. The number of aryl methyl sites for hydroxylation is 1. The molecule has 29 heavy (non-hydrogen) atoms. The summed E-state index contributed by atoms with van der Waals surface area (Å²) in [6, 6.07) is 22.2. The number of hydrogen-bond acceptors (Lipinski definition) is 2. The number of rotatable bonds is 7. The summed E-state index contributed by atoms with van der Waals surface area (Å²) in [5, 5.41) is 6.28. The standard InChI is InChI=1S/C26H25NS2/c1-2-3-4-9-16-27-18-22(19-11-7-8-14-23(19)27)25-20-12-5-6-13-21(20)26(29-25)24-15-10-17-28-24/h5-8,10-15,17-18H,2-4,9,16H2,1H3. The van der Waals surface area contributed by atoms with Crippen molar-refractivity contribution in [1.29, 1.82) is 0 Å². The van der Waals surface area contributed by atoms with Crippen LogP contribution in [0.25, 0.3) is 41.9 Å². The van der Waals surface area contributed by atoms with Crippen LogP contribution in [0.15, 0.2) is 72.2 Å². The summed E-state index contributed by atoms with van der Waals surface area (Å²) in [5.74, 6) is 0. The average Bonchev–Trinajstić information content (AvgIpc) is 3.48. The lowest BCUT2D eigenvalue weighted by molar-refractivity contribution is 0.594. The molecule has 0 saturated carbocycles. The van der Waals surface area contributed by atoms with E-state index in [2.05, 4.69) is 83.7 Å². The third-order valence-corrected chi connectivity index (χ3v) is 7.96. The lowest BCUT2D eigenvalue weighted by Crippen LogP contribution is -1.95. The molecular weight excluding hydrogens is 390 g/mol. The van der Waals surface area contributed by atoms with Gasteiger partial charge in [0.1, 0.15) is 0 Å². The van der Waals surface area contributed by atoms with Crippen LogP contribution in [0.2, 0.25) is 0 Å². The molecule has 0 aliphatic rings. The van der Waals surface area contributed by atoms with Crippen LogP contribution in [0.5, 0.6) is 0 Å². The number of nitrogens with zero attached hydrogens (tertiary/aromatic N) is 1. The first-order chi connectivity index (χ1) is 14.4. The summed E-state index contributed by atoms with van der Waals surface area (Å²) in [6.45, 7) is 3.37. The molecule has 5 rings (SSSR count). The number of fused-ring (bicyclic) bond motifs is 2. The smallest absolute Gasteiger partial charge is 0.0527 e. The first-order valence-electron chi connectivity index (χ1n) is 10.5. The van der Waals surface area contributed by atoms with Crippen molar-refractivity contribution in [1.82, 2.24) is 4.57 Å². The van der Waals surface area contributed by atoms with Crippen LogP contribution in [-0.2, 0) is 6.54 Å². The van der Waals surface area contributed by atoms with E-state index in [1.165, 1.54) is 67.6 Å². The summed E-state index contributed by atoms with van der Waals surface area (Å²) < 4.78 is 2.47. The number of aromatic nitrogens is 1. The van der Waals surface area contributed by atoms with Gasteiger partial charge in [0.2, 0.25) is 0 Å². The van der Waals surface area contributed by atoms with E-state index < -0.39 is 0 Å². The fraction of sp³-hybridized carbons (Fsp3) is 0.231. The van der Waals surface area contributed by atoms with E-state index in [0.717, 1.165) is 6.54 Å². The fourth-order valence-corrected chi connectivity index (χ4v) is 6.37. The lowest BCUT2D eigenvalue weighted by atomic mass is 10.1. The van der Waals surface area contributed by atoms with Gasteiger partial charge in [-0.15, -0.1) is 22.7 Å². The van der Waals surface area contributed by atoms with Crippen molar-refractivity contribution in [2.24, 2.45) is 0 Å². The summed E-state index contributed by atoms with van der Waals surface area (Å²) in [7, 11) is 0. The normalized spacial score (nSPS) is 11.6. The highest BCUT2D eigenvalue weighted by atomic mass is 32.1. The molecule has 0 fully saturated rings. The Labute approximate surface area is 180 Å². The Morgan fingerprint density at radius 1 is 0.759 bits per heavy atom. The van der Waals surface area contributed by atoms with Gasteiger partial charge in [0.25, 0.3) is 0 Å². The van der Waals surface area contributed by atoms with Crippen LogP contribution in [0.4, 0.5) is 0 Å². The summed E-state index contributed by atoms with van der Waals surface area (Å²) in [6.07, 6.45) is 7.56. The van der Waals surface area contributed by atoms with E-state index in [-0.39, 0.29) is 0 Å². The average molecular weight is 416 g/mol. The van der Waals surface area contributed by atoms with Gasteiger partial charge in [-0.25, -0.2) is 0 Å². The zero-order valence-corrected chi connectivity index (χ0v) is 18.4. The van der Waals surface area contributed by atoms with Crippen LogP contribution >= 0.6 is 22.7 Å². The van der Waals surface area contributed by atoms with Gasteiger partial charge in [0, 0.05) is 49.7 Å². The fourth-order valence-electron chi connectivity index (χ4n) is 4.20. The quantitative estimate of drug-likeness (QED) is 0.234. The molecule has 0 radical (unpaired) electrons. The highest BCUT2D eigenvalue weighted by Gasteiger charge is 2.18. The van der Waals surface area contributed by atoms with E-state index in [4.69, 9.17) is 0 Å². The molecule has 2 aromatic carbocycles. The highest BCUT2D eigenvalue weighted by Crippen LogP contribution is 2.47. The summed E-state index contributed by atoms with van der Waals surface area (Å²) >= 11 is 3.77. The maximum atomic E-state index is 2.47. The van der Waals surface area contributed by atoms with Gasteiger partial charge in [0.05, 0.1) is 4.88 Å². The highest BCUT2D eigenvalue weighted by molar-refractivity contribution is 7.25. The molecule has 3 heteroatoms. The van der Waals surface area contributed by atoms with Gasteiger partial charge in [-0.2, -0.15) is 0 Å². The minimum Gasteiger partial charge on any atom is -0.347 e. The number of hydrogen-bond donors (Lipinski definition) is 0. The Bertz CT molecular complexity index is 1240. The predicted molar refractivity (Wildman–Crippen MR) is 130 cm³/mol. The molecule has 1 nitrogen and oxygen atoms in total. The van der Waals surface area contributed by atoms with E-state index >= 15 is 0 Å². The number of benzene rings is 2. The molecule has 0 aliphatic heterocycles. The Morgan fingerprint density at radius 3 is 2.28 bits per heavy atom. The van der Waals surface area contributed by atoms with Gasteiger partial charge in [-0.1, -0.05) is 74.7 Å². The zero-order valence-electron chi connectivity index (χ0n) is 16.7. The van der Waals surface area contributed by atoms with Gasteiger partial charge < -0.3 is 4.57 Å². The molecule has 0 unspecified atom stereocenters. The van der Waals surface area contributed by atoms with Crippen LogP contribution in [-0.4, -0.2) is 4.57 Å². The van der Waals surface area contributed by atoms with Crippen molar-refractivity contribution >= 4 is 44.3 Å². The number of para-hydroxylation sites is 1. The first kappa shape index (κ1) is 18.7. The minimum atomic E-state index is 1.10. The third kappa shape index (κ3) is 3.43. The van der Waals surface area contributed by atoms with Crippen molar-refractivity contribution in [2.45, 2.75) is 39.2 Å². The summed E-state index contributed by atoms with van der Waals surface area (Å²) in [4.78, 5) is 4.15. The van der Waals surface area contributed by atoms with E-state index in [1.54, 1.807) is 0 Å². The van der Waals surface area contributed by atoms with E-state index in [0.29, 0.717) is 0 Å². The van der Waals surface area contributed by atoms with E-state index in [9.17, 15) is 0 Å². The minimum absolute atomic E-state index is 1.10. The van der Waals surface area contributed by atoms with E-state index in [1.807, 2.05) is 22.7 Å². The van der Waals surface area contributed by atoms with Gasteiger partial charge >= 0.3 is 0 Å². The molecule has 0 atom stereocenters. The van der Waals surface area contributed by atoms with Crippen molar-refractivity contribution in [3.05, 3.63) is 72.2 Å². The Balaban J connectivity index is 1.66. The molecule has 0 spiro atoms. The maximum absolute atomic E-state index is 2.47. The van der Waals surface area contributed by atoms with Crippen molar-refractivity contribution < 1.29 is 0 Å². The third-order valence-electron chi connectivity index (χ3n) is 5.65. The molecule has 0 aliphatic carbocycles. The van der Waals surface area contributed by atoms with Crippen molar-refractivity contribution in [2.75, 3.05) is 0 Å². The molecule has 3 heterocycles. The van der Waals surface area contributed by atoms with Crippen LogP contribution in [0, 0.1) is 0 Å². The largest absolute Gasteiger partial charge is 0.347 e. The number of unbranched alkanes of at least 4 members (excludes halogenated alkanes) is 3. The second-order valence-corrected chi connectivity index (χ2v) is 9.57. The summed E-state index contributed by atoms with van der Waals surface area (Å²) in [5.41, 5.74) is 2.73. The predicted octanol–water partition coefficient (Wildman–Crippen LogP) is 8.83. The van der Waals surface area contributed by atoms with Crippen molar-refractivity contribution in [3.8, 4) is 20.2 Å². The Kier molecular flexibility index (Phi) is 5.26. The molecule has 0 amide bonds. The van der Waals surface area contributed by atoms with Gasteiger partial charge in [0.15, 0.2) is 0 Å². The zero-order chi connectivity index (χ0) is 19.6. The topological polar surface area (TPSA) is 4.93 Å². The van der Waals surface area contributed by atoms with Crippen molar-refractivity contribution in [3.63, 3.8) is 0 Å². The molecular formula is C26H25NS2. The van der Waals surface area contributed by atoms with Gasteiger partial charge in [-0.3, -0.25) is 0 Å². The molecule has 3 aromatic heterocycles. The monoisotopic (exact) mass is 415 g/mol. The molecule has 0 N–H and O–H groups in total. The second kappa shape index (κ2) is 8.17. The number of thiophene rings is 2. The molecule has 0 bridgehead atoms. The molecule has 146 valence electrons. The molecule has 5 aromatic rings.